The molecule has 1 aliphatic heterocycles. The summed E-state index contributed by atoms with van der Waals surface area (Å²) in [6.07, 6.45) is 0.198. The van der Waals surface area contributed by atoms with Crippen LogP contribution in [0.15, 0.2) is 36.4 Å². The molecule has 0 aromatic heterocycles. The van der Waals surface area contributed by atoms with E-state index in [4.69, 9.17) is 16.3 Å². The summed E-state index contributed by atoms with van der Waals surface area (Å²) in [6, 6.07) is 10.9. The Labute approximate surface area is 157 Å². The second-order valence-electron chi connectivity index (χ2n) is 6.46. The molecule has 2 amide bonds. The van der Waals surface area contributed by atoms with Gasteiger partial charge in [0.2, 0.25) is 11.8 Å². The van der Waals surface area contributed by atoms with Crippen molar-refractivity contribution in [2.45, 2.75) is 20.3 Å². The standard InChI is InChI=1S/C20H21ClN2O3/c1-12-5-4-6-17(13(12)2)23-11-14(9-19(23)24)20(25)22-15-7-8-18(26-3)16(21)10-15/h4-8,10,14H,9,11H2,1-3H3,(H,22,25)/t14-/m0/s1. The summed E-state index contributed by atoms with van der Waals surface area (Å²) in [7, 11) is 1.53. The number of benzene rings is 2. The van der Waals surface area contributed by atoms with Crippen LogP contribution in [0.2, 0.25) is 5.02 Å². The number of nitrogens with one attached hydrogen (secondary N) is 1. The smallest absolute Gasteiger partial charge is 0.229 e. The van der Waals surface area contributed by atoms with Gasteiger partial charge in [0.15, 0.2) is 0 Å². The van der Waals surface area contributed by atoms with Crippen LogP contribution in [0.25, 0.3) is 0 Å². The number of ether oxygens (including phenoxy) is 1. The quantitative estimate of drug-likeness (QED) is 0.883. The molecule has 5 nitrogen and oxygen atoms in total. The van der Waals surface area contributed by atoms with Crippen LogP contribution < -0.4 is 15.0 Å². The maximum atomic E-state index is 12.6. The van der Waals surface area contributed by atoms with Gasteiger partial charge in [-0.1, -0.05) is 23.7 Å². The normalized spacial score (nSPS) is 16.7. The van der Waals surface area contributed by atoms with Crippen LogP contribution in [0, 0.1) is 19.8 Å². The first kappa shape index (κ1) is 18.3. The Morgan fingerprint density at radius 2 is 2.04 bits per heavy atom. The third-order valence-corrected chi connectivity index (χ3v) is 5.08. The fourth-order valence-electron chi connectivity index (χ4n) is 3.13. The predicted octanol–water partition coefficient (Wildman–Crippen LogP) is 3.96. The SMILES string of the molecule is COc1ccc(NC(=O)[C@H]2CC(=O)N(c3cccc(C)c3C)C2)cc1Cl. The lowest BCUT2D eigenvalue weighted by atomic mass is 10.1. The minimum atomic E-state index is -0.400. The molecule has 0 bridgehead atoms. The maximum absolute atomic E-state index is 12.6. The van der Waals surface area contributed by atoms with Gasteiger partial charge in [0.25, 0.3) is 0 Å². The molecular formula is C20H21ClN2O3. The van der Waals surface area contributed by atoms with E-state index in [-0.39, 0.29) is 18.2 Å². The summed E-state index contributed by atoms with van der Waals surface area (Å²) in [6.45, 7) is 4.38. The first-order valence-corrected chi connectivity index (χ1v) is 8.79. The maximum Gasteiger partial charge on any atom is 0.229 e. The molecule has 0 spiro atoms. The zero-order valence-electron chi connectivity index (χ0n) is 15.0. The number of anilines is 2. The van der Waals surface area contributed by atoms with Crippen LogP contribution in [0.1, 0.15) is 17.5 Å². The van der Waals surface area contributed by atoms with Crippen molar-refractivity contribution in [1.29, 1.82) is 0 Å². The molecule has 0 unspecified atom stereocenters. The Hall–Kier alpha value is -2.53. The monoisotopic (exact) mass is 372 g/mol. The molecular weight excluding hydrogens is 352 g/mol. The molecule has 26 heavy (non-hydrogen) atoms. The lowest BCUT2D eigenvalue weighted by Crippen LogP contribution is -2.28. The van der Waals surface area contributed by atoms with Crippen molar-refractivity contribution in [1.82, 2.24) is 0 Å². The van der Waals surface area contributed by atoms with Crippen LogP contribution in [0.5, 0.6) is 5.75 Å². The summed E-state index contributed by atoms with van der Waals surface area (Å²) in [5.74, 6) is -0.0795. The highest BCUT2D eigenvalue weighted by Gasteiger charge is 2.35. The first-order chi connectivity index (χ1) is 12.4. The van der Waals surface area contributed by atoms with Crippen molar-refractivity contribution in [3.8, 4) is 5.75 Å². The predicted molar refractivity (Wildman–Crippen MR) is 103 cm³/mol. The average Bonchev–Trinajstić information content (AvgIpc) is 2.99. The lowest BCUT2D eigenvalue weighted by molar-refractivity contribution is -0.122. The number of halogens is 1. The zero-order chi connectivity index (χ0) is 18.8. The van der Waals surface area contributed by atoms with Gasteiger partial charge in [-0.15, -0.1) is 0 Å². The van der Waals surface area contributed by atoms with Crippen molar-refractivity contribution in [3.05, 3.63) is 52.5 Å². The molecule has 0 aliphatic carbocycles. The topological polar surface area (TPSA) is 58.6 Å². The summed E-state index contributed by atoms with van der Waals surface area (Å²) < 4.78 is 5.11. The summed E-state index contributed by atoms with van der Waals surface area (Å²) in [5, 5.41) is 3.26. The van der Waals surface area contributed by atoms with Gasteiger partial charge in [-0.2, -0.15) is 0 Å². The van der Waals surface area contributed by atoms with Crippen molar-refractivity contribution in [2.75, 3.05) is 23.9 Å². The summed E-state index contributed by atoms with van der Waals surface area (Å²) in [5.41, 5.74) is 3.64. The Balaban J connectivity index is 1.73. The Kier molecular flexibility index (Phi) is 5.18. The minimum Gasteiger partial charge on any atom is -0.495 e. The van der Waals surface area contributed by atoms with Gasteiger partial charge in [0, 0.05) is 24.3 Å². The Morgan fingerprint density at radius 3 is 2.73 bits per heavy atom. The first-order valence-electron chi connectivity index (χ1n) is 8.41. The number of rotatable bonds is 4. The number of aryl methyl sites for hydroxylation is 1. The van der Waals surface area contributed by atoms with E-state index in [2.05, 4.69) is 5.32 Å². The van der Waals surface area contributed by atoms with Gasteiger partial charge in [-0.3, -0.25) is 9.59 Å². The van der Waals surface area contributed by atoms with Gasteiger partial charge in [0.05, 0.1) is 18.1 Å². The number of carbonyl (C=O) groups is 2. The Morgan fingerprint density at radius 1 is 1.27 bits per heavy atom. The summed E-state index contributed by atoms with van der Waals surface area (Å²) >= 11 is 6.09. The highest BCUT2D eigenvalue weighted by molar-refractivity contribution is 6.32. The number of amides is 2. The number of carbonyl (C=O) groups excluding carboxylic acids is 2. The molecule has 1 heterocycles. The van der Waals surface area contributed by atoms with E-state index in [9.17, 15) is 9.59 Å². The van der Waals surface area contributed by atoms with E-state index in [0.717, 1.165) is 16.8 Å². The second-order valence-corrected chi connectivity index (χ2v) is 6.87. The third kappa shape index (κ3) is 3.53. The van der Waals surface area contributed by atoms with Crippen LogP contribution in [0.3, 0.4) is 0 Å². The highest BCUT2D eigenvalue weighted by atomic mass is 35.5. The Bertz CT molecular complexity index is 866. The lowest BCUT2D eigenvalue weighted by Gasteiger charge is -2.20. The van der Waals surface area contributed by atoms with E-state index in [1.807, 2.05) is 32.0 Å². The summed E-state index contributed by atoms with van der Waals surface area (Å²) in [4.78, 5) is 26.7. The minimum absolute atomic E-state index is 0.0355. The highest BCUT2D eigenvalue weighted by Crippen LogP contribution is 2.31. The van der Waals surface area contributed by atoms with E-state index in [0.29, 0.717) is 23.0 Å². The van der Waals surface area contributed by atoms with E-state index < -0.39 is 5.92 Å². The molecule has 2 aromatic rings. The van der Waals surface area contributed by atoms with Crippen LogP contribution in [-0.4, -0.2) is 25.5 Å². The molecule has 2 aromatic carbocycles. The third-order valence-electron chi connectivity index (χ3n) is 4.78. The van der Waals surface area contributed by atoms with E-state index >= 15 is 0 Å². The fourth-order valence-corrected chi connectivity index (χ4v) is 3.39. The molecule has 6 heteroatoms. The molecule has 1 atom stereocenters. The average molecular weight is 373 g/mol. The van der Waals surface area contributed by atoms with Crippen LogP contribution >= 0.6 is 11.6 Å². The second kappa shape index (κ2) is 7.38. The van der Waals surface area contributed by atoms with Gasteiger partial charge in [-0.05, 0) is 49.2 Å². The van der Waals surface area contributed by atoms with Gasteiger partial charge >= 0.3 is 0 Å². The van der Waals surface area contributed by atoms with Gasteiger partial charge in [-0.25, -0.2) is 0 Å². The van der Waals surface area contributed by atoms with Crippen molar-refractivity contribution >= 4 is 34.8 Å². The molecule has 1 saturated heterocycles. The largest absolute Gasteiger partial charge is 0.495 e. The number of nitrogens with zero attached hydrogens (tertiary/aromatic N) is 1. The van der Waals surface area contributed by atoms with E-state index in [1.165, 1.54) is 7.11 Å². The van der Waals surface area contributed by atoms with Crippen molar-refractivity contribution < 1.29 is 14.3 Å². The van der Waals surface area contributed by atoms with Crippen LogP contribution in [0.4, 0.5) is 11.4 Å². The number of methoxy groups -OCH3 is 1. The molecule has 1 N–H and O–H groups in total. The van der Waals surface area contributed by atoms with Gasteiger partial charge < -0.3 is 15.0 Å². The van der Waals surface area contributed by atoms with E-state index in [1.54, 1.807) is 23.1 Å². The van der Waals surface area contributed by atoms with Crippen molar-refractivity contribution in [3.63, 3.8) is 0 Å². The van der Waals surface area contributed by atoms with Gasteiger partial charge in [0.1, 0.15) is 5.75 Å². The molecule has 0 saturated carbocycles. The molecule has 0 radical (unpaired) electrons. The number of hydrogen-bond donors (Lipinski definition) is 1. The molecule has 136 valence electrons. The molecule has 1 aliphatic rings. The number of hydrogen-bond acceptors (Lipinski definition) is 3. The van der Waals surface area contributed by atoms with Crippen LogP contribution in [-0.2, 0) is 9.59 Å². The van der Waals surface area contributed by atoms with Crippen molar-refractivity contribution in [2.24, 2.45) is 5.92 Å². The fraction of sp³-hybridized carbons (Fsp3) is 0.300. The molecule has 3 rings (SSSR count). The molecule has 1 fully saturated rings. The zero-order valence-corrected chi connectivity index (χ0v) is 15.8.